The van der Waals surface area contributed by atoms with Gasteiger partial charge in [-0.1, -0.05) is 0 Å². The van der Waals surface area contributed by atoms with Crippen molar-refractivity contribution in [3.8, 4) is 0 Å². The molecule has 108 valence electrons. The summed E-state index contributed by atoms with van der Waals surface area (Å²) in [6, 6.07) is -0.646. The summed E-state index contributed by atoms with van der Waals surface area (Å²) in [5.74, 6) is 2.09. The summed E-state index contributed by atoms with van der Waals surface area (Å²) in [5.41, 5.74) is 5.21. The topological polar surface area (TPSA) is 121 Å². The van der Waals surface area contributed by atoms with Crippen molar-refractivity contribution in [3.05, 3.63) is 0 Å². The van der Waals surface area contributed by atoms with E-state index in [0.29, 0.717) is 42.8 Å². The van der Waals surface area contributed by atoms with Crippen LogP contribution < -0.4 is 5.73 Å². The Kier molecular flexibility index (Phi) is 15.0. The summed E-state index contributed by atoms with van der Waals surface area (Å²) in [5, 5.41) is 26.9. The van der Waals surface area contributed by atoms with Crippen LogP contribution in [0, 0.1) is 0 Å². The third-order valence-corrected chi connectivity index (χ3v) is 4.53. The summed E-state index contributed by atoms with van der Waals surface area (Å²) in [7, 11) is 0. The summed E-state index contributed by atoms with van der Waals surface area (Å²) >= 11 is 1.02. The molecule has 18 heavy (non-hydrogen) atoms. The van der Waals surface area contributed by atoms with Crippen LogP contribution >= 0.6 is 0 Å². The van der Waals surface area contributed by atoms with Crippen molar-refractivity contribution < 1.29 is 24.9 Å². The molecule has 0 heterocycles. The monoisotopic (exact) mass is 395 g/mol. The minimum absolute atomic E-state index is 0.395. The molecule has 0 amide bonds. The Labute approximate surface area is 120 Å². The first-order chi connectivity index (χ1) is 8.36. The SMILES string of the molecule is C[Se]CCC(N)C(=O)O.C[Se]CCC(O)C(=O)O. The van der Waals surface area contributed by atoms with Gasteiger partial charge >= 0.3 is 120 Å². The Morgan fingerprint density at radius 2 is 1.50 bits per heavy atom. The standard InChI is InChI=1S/C5H11NO2Se.C5H10O3Se/c2*1-9-3-2-4(6)5(7)8/h4H,2-3,6H2,1H3,(H,7,8);4,6H,2-3H2,1H3,(H,7,8). The predicted octanol–water partition coefficient (Wildman–Crippen LogP) is -0.0484. The summed E-state index contributed by atoms with van der Waals surface area (Å²) in [6.45, 7) is 0. The number of carboxylic acids is 2. The Morgan fingerprint density at radius 1 is 1.06 bits per heavy atom. The van der Waals surface area contributed by atoms with Crippen molar-refractivity contribution in [2.75, 3.05) is 0 Å². The van der Waals surface area contributed by atoms with Gasteiger partial charge < -0.3 is 0 Å². The fraction of sp³-hybridized carbons (Fsp3) is 0.800. The number of hydrogen-bond donors (Lipinski definition) is 4. The van der Waals surface area contributed by atoms with Gasteiger partial charge in [-0.3, -0.25) is 0 Å². The van der Waals surface area contributed by atoms with E-state index in [1.807, 2.05) is 5.82 Å². The Balaban J connectivity index is 0. The summed E-state index contributed by atoms with van der Waals surface area (Å²) < 4.78 is 0. The maximum absolute atomic E-state index is 10.1. The molecule has 0 bridgehead atoms. The van der Waals surface area contributed by atoms with Crippen LogP contribution in [-0.2, 0) is 9.59 Å². The number of rotatable bonds is 8. The number of aliphatic hydroxyl groups excluding tert-OH is 1. The van der Waals surface area contributed by atoms with Gasteiger partial charge in [0, 0.05) is 0 Å². The van der Waals surface area contributed by atoms with Crippen molar-refractivity contribution in [1.29, 1.82) is 0 Å². The molecule has 0 radical (unpaired) electrons. The second-order valence-corrected chi connectivity index (χ2v) is 7.50. The van der Waals surface area contributed by atoms with E-state index < -0.39 is 24.1 Å². The van der Waals surface area contributed by atoms with Crippen molar-refractivity contribution in [2.45, 2.75) is 47.3 Å². The van der Waals surface area contributed by atoms with Crippen molar-refractivity contribution in [1.82, 2.24) is 0 Å². The molecule has 0 spiro atoms. The first-order valence-electron chi connectivity index (χ1n) is 5.23. The molecular formula is C10H21NO5Se2. The Bertz CT molecular complexity index is 216. The third kappa shape index (κ3) is 14.0. The number of nitrogens with two attached hydrogens (primary N) is 1. The van der Waals surface area contributed by atoms with Gasteiger partial charge in [0.15, 0.2) is 0 Å². The first kappa shape index (κ1) is 20.2. The zero-order valence-electron chi connectivity index (χ0n) is 10.5. The minimum atomic E-state index is -1.15. The molecule has 5 N–H and O–H groups in total. The van der Waals surface area contributed by atoms with Crippen LogP contribution in [0.2, 0.25) is 22.3 Å². The van der Waals surface area contributed by atoms with Gasteiger partial charge in [0.05, 0.1) is 0 Å². The molecule has 8 heteroatoms. The molecule has 0 saturated carbocycles. The predicted molar refractivity (Wildman–Crippen MR) is 71.3 cm³/mol. The molecule has 0 aromatic heterocycles. The van der Waals surface area contributed by atoms with Gasteiger partial charge in [-0.15, -0.1) is 0 Å². The number of carbonyl (C=O) groups is 2. The average molecular weight is 393 g/mol. The summed E-state index contributed by atoms with van der Waals surface area (Å²) in [6.07, 6.45) is -0.135. The van der Waals surface area contributed by atoms with Crippen molar-refractivity contribution >= 4 is 41.9 Å². The fourth-order valence-electron chi connectivity index (χ4n) is 0.721. The molecule has 2 atom stereocenters. The van der Waals surface area contributed by atoms with E-state index in [1.54, 1.807) is 0 Å². The van der Waals surface area contributed by atoms with E-state index in [-0.39, 0.29) is 0 Å². The van der Waals surface area contributed by atoms with Gasteiger partial charge in [0.1, 0.15) is 0 Å². The number of hydrogen-bond acceptors (Lipinski definition) is 4. The van der Waals surface area contributed by atoms with E-state index in [9.17, 15) is 9.59 Å². The van der Waals surface area contributed by atoms with Gasteiger partial charge in [0.2, 0.25) is 0 Å². The normalized spacial score (nSPS) is 13.1. The molecule has 6 nitrogen and oxygen atoms in total. The summed E-state index contributed by atoms with van der Waals surface area (Å²) in [4.78, 5) is 20.0. The molecular weight excluding hydrogens is 372 g/mol. The number of carboxylic acid groups (broad SMARTS) is 2. The van der Waals surface area contributed by atoms with Gasteiger partial charge in [-0.2, -0.15) is 0 Å². The number of aliphatic hydroxyl groups is 1. The van der Waals surface area contributed by atoms with Gasteiger partial charge in [-0.25, -0.2) is 0 Å². The van der Waals surface area contributed by atoms with Crippen LogP contribution in [0.25, 0.3) is 0 Å². The van der Waals surface area contributed by atoms with E-state index in [0.717, 1.165) is 10.6 Å². The van der Waals surface area contributed by atoms with Gasteiger partial charge in [0.25, 0.3) is 0 Å². The Hall–Kier alpha value is -0.101. The molecule has 0 aromatic carbocycles. The Morgan fingerprint density at radius 3 is 1.83 bits per heavy atom. The van der Waals surface area contributed by atoms with E-state index in [4.69, 9.17) is 21.1 Å². The van der Waals surface area contributed by atoms with E-state index in [1.165, 1.54) is 0 Å². The molecule has 0 aliphatic heterocycles. The molecule has 0 rings (SSSR count). The first-order valence-corrected chi connectivity index (χ1v) is 11.1. The molecule has 0 aliphatic rings. The molecule has 0 saturated heterocycles. The average Bonchev–Trinajstić information content (AvgIpc) is 2.33. The van der Waals surface area contributed by atoms with Crippen molar-refractivity contribution in [3.63, 3.8) is 0 Å². The third-order valence-electron chi connectivity index (χ3n) is 1.83. The molecule has 0 aliphatic carbocycles. The van der Waals surface area contributed by atoms with Crippen LogP contribution in [0.4, 0.5) is 0 Å². The van der Waals surface area contributed by atoms with Gasteiger partial charge in [-0.05, 0) is 0 Å². The van der Waals surface area contributed by atoms with Crippen LogP contribution in [0.15, 0.2) is 0 Å². The maximum atomic E-state index is 10.1. The van der Waals surface area contributed by atoms with Crippen molar-refractivity contribution in [2.24, 2.45) is 5.73 Å². The molecule has 0 fully saturated rings. The van der Waals surface area contributed by atoms with E-state index >= 15 is 0 Å². The zero-order valence-corrected chi connectivity index (χ0v) is 14.0. The number of aliphatic carboxylic acids is 2. The van der Waals surface area contributed by atoms with Crippen LogP contribution in [0.3, 0.4) is 0 Å². The molecule has 2 unspecified atom stereocenters. The molecule has 0 aromatic rings. The second kappa shape index (κ2) is 13.3. The van der Waals surface area contributed by atoms with Crippen LogP contribution in [-0.4, -0.2) is 69.3 Å². The van der Waals surface area contributed by atoms with Crippen LogP contribution in [0.5, 0.6) is 0 Å². The van der Waals surface area contributed by atoms with E-state index in [2.05, 4.69) is 5.82 Å². The zero-order chi connectivity index (χ0) is 14.6. The van der Waals surface area contributed by atoms with Crippen LogP contribution in [0.1, 0.15) is 12.8 Å². The quantitative estimate of drug-likeness (QED) is 0.430. The second-order valence-electron chi connectivity index (χ2n) is 3.36. The fourth-order valence-corrected chi connectivity index (χ4v) is 2.71.